The third-order valence-corrected chi connectivity index (χ3v) is 6.66. The van der Waals surface area contributed by atoms with Gasteiger partial charge in [-0.3, -0.25) is 4.57 Å². The van der Waals surface area contributed by atoms with Gasteiger partial charge in [-0.05, 0) is 31.2 Å². The van der Waals surface area contributed by atoms with Gasteiger partial charge in [-0.2, -0.15) is 4.91 Å². The van der Waals surface area contributed by atoms with E-state index in [9.17, 15) is 14.5 Å². The fraction of sp³-hybridized carbons (Fsp3) is 0.550. The molecule has 5 heterocycles. The van der Waals surface area contributed by atoms with Crippen molar-refractivity contribution in [3.8, 4) is 0 Å². The number of likely N-dealkylation sites (tertiary alicyclic amines) is 2. The Labute approximate surface area is 172 Å². The Balaban J connectivity index is 1.46. The van der Waals surface area contributed by atoms with Gasteiger partial charge in [0.1, 0.15) is 5.65 Å². The topological polar surface area (TPSA) is 119 Å². The van der Waals surface area contributed by atoms with E-state index < -0.39 is 0 Å². The Hall–Kier alpha value is -3.17. The molecule has 5 rings (SSSR count). The lowest BCUT2D eigenvalue weighted by Crippen LogP contribution is -2.52. The van der Waals surface area contributed by atoms with Crippen molar-refractivity contribution in [3.63, 3.8) is 0 Å². The average Bonchev–Trinajstić information content (AvgIpc) is 3.37. The molecular formula is C20H25N7O3. The first-order valence-electron chi connectivity index (χ1n) is 10.5. The van der Waals surface area contributed by atoms with E-state index in [2.05, 4.69) is 27.1 Å². The molecule has 2 amide bonds. The van der Waals surface area contributed by atoms with E-state index in [-0.39, 0.29) is 29.7 Å². The van der Waals surface area contributed by atoms with Crippen molar-refractivity contribution in [1.29, 1.82) is 0 Å². The second kappa shape index (κ2) is 7.26. The number of carbonyl (C=O) groups excluding carboxylic acids is 1. The fourth-order valence-electron chi connectivity index (χ4n) is 4.86. The number of nitroso groups, excluding NO2 is 1. The third-order valence-electron chi connectivity index (χ3n) is 6.66. The van der Waals surface area contributed by atoms with Crippen LogP contribution in [-0.4, -0.2) is 67.6 Å². The summed E-state index contributed by atoms with van der Waals surface area (Å²) in [6.45, 7) is 4.38. The molecule has 2 atom stereocenters. The van der Waals surface area contributed by atoms with Crippen LogP contribution in [0.4, 0.5) is 4.79 Å². The summed E-state index contributed by atoms with van der Waals surface area (Å²) in [6.07, 6.45) is 5.54. The summed E-state index contributed by atoms with van der Waals surface area (Å²) in [5.74, 6) is 0.248. The van der Waals surface area contributed by atoms with Gasteiger partial charge in [0, 0.05) is 37.8 Å². The molecule has 30 heavy (non-hydrogen) atoms. The number of pyridine rings is 1. The number of amides is 2. The lowest BCUT2D eigenvalue weighted by atomic mass is 9.93. The van der Waals surface area contributed by atoms with Gasteiger partial charge in [0.05, 0.1) is 29.3 Å². The highest BCUT2D eigenvalue weighted by molar-refractivity contribution is 6.01. The molecule has 2 fully saturated rings. The molecule has 0 spiro atoms. The summed E-state index contributed by atoms with van der Waals surface area (Å²) >= 11 is 0. The zero-order valence-corrected chi connectivity index (χ0v) is 16.9. The molecule has 2 aliphatic rings. The lowest BCUT2D eigenvalue weighted by molar-refractivity contribution is 0.104. The number of aromatic nitrogens is 4. The molecule has 10 nitrogen and oxygen atoms in total. The van der Waals surface area contributed by atoms with Gasteiger partial charge in [-0.25, -0.2) is 14.6 Å². The fourth-order valence-corrected chi connectivity index (χ4v) is 4.86. The number of fused-ring (bicyclic) bond motifs is 3. The van der Waals surface area contributed by atoms with Crippen molar-refractivity contribution < 1.29 is 4.79 Å². The summed E-state index contributed by atoms with van der Waals surface area (Å²) in [4.78, 5) is 50.8. The van der Waals surface area contributed by atoms with Crippen molar-refractivity contribution in [2.24, 2.45) is 11.1 Å². The van der Waals surface area contributed by atoms with E-state index in [1.807, 2.05) is 17.2 Å². The Morgan fingerprint density at radius 3 is 2.73 bits per heavy atom. The van der Waals surface area contributed by atoms with E-state index in [0.29, 0.717) is 44.5 Å². The van der Waals surface area contributed by atoms with Gasteiger partial charge >= 0.3 is 11.7 Å². The van der Waals surface area contributed by atoms with Crippen LogP contribution in [0.1, 0.15) is 32.2 Å². The Morgan fingerprint density at radius 2 is 1.97 bits per heavy atom. The third kappa shape index (κ3) is 2.98. The quantitative estimate of drug-likeness (QED) is 0.629. The molecule has 0 aromatic carbocycles. The average molecular weight is 411 g/mol. The first-order valence-corrected chi connectivity index (χ1v) is 10.5. The molecular weight excluding hydrogens is 386 g/mol. The van der Waals surface area contributed by atoms with Crippen LogP contribution in [0.3, 0.4) is 0 Å². The van der Waals surface area contributed by atoms with Crippen LogP contribution >= 0.6 is 0 Å². The smallest absolute Gasteiger partial charge is 0.326 e. The summed E-state index contributed by atoms with van der Waals surface area (Å²) in [5.41, 5.74) is 2.09. The highest BCUT2D eigenvalue weighted by atomic mass is 16.3. The molecule has 2 saturated heterocycles. The number of H-pyrrole nitrogens is 2. The molecule has 0 bridgehead atoms. The van der Waals surface area contributed by atoms with Crippen molar-refractivity contribution >= 4 is 28.1 Å². The molecule has 0 unspecified atom stereocenters. The van der Waals surface area contributed by atoms with Gasteiger partial charge in [-0.15, -0.1) is 0 Å². The van der Waals surface area contributed by atoms with Crippen LogP contribution in [0, 0.1) is 10.8 Å². The van der Waals surface area contributed by atoms with Crippen LogP contribution in [0.2, 0.25) is 0 Å². The maximum atomic E-state index is 13.1. The zero-order chi connectivity index (χ0) is 20.8. The summed E-state index contributed by atoms with van der Waals surface area (Å²) in [5, 5.41) is 4.01. The highest BCUT2D eigenvalue weighted by Crippen LogP contribution is 2.32. The van der Waals surface area contributed by atoms with Crippen LogP contribution in [0.25, 0.3) is 22.1 Å². The number of hydrogen-bond donors (Lipinski definition) is 2. The minimum atomic E-state index is -0.189. The number of carbonyl (C=O) groups is 1. The van der Waals surface area contributed by atoms with Crippen LogP contribution in [0.15, 0.2) is 28.4 Å². The van der Waals surface area contributed by atoms with Gasteiger partial charge in [0.2, 0.25) is 0 Å². The van der Waals surface area contributed by atoms with E-state index in [1.165, 1.54) is 0 Å². The van der Waals surface area contributed by atoms with Gasteiger partial charge in [0.25, 0.3) is 0 Å². The Morgan fingerprint density at radius 1 is 1.20 bits per heavy atom. The Kier molecular flexibility index (Phi) is 4.56. The van der Waals surface area contributed by atoms with E-state index in [0.717, 1.165) is 23.0 Å². The summed E-state index contributed by atoms with van der Waals surface area (Å²) in [7, 11) is 0. The van der Waals surface area contributed by atoms with Gasteiger partial charge in [-0.1, -0.05) is 12.1 Å². The van der Waals surface area contributed by atoms with Gasteiger partial charge in [0.15, 0.2) is 0 Å². The number of rotatable bonds is 2. The van der Waals surface area contributed by atoms with Crippen molar-refractivity contribution in [2.75, 3.05) is 26.2 Å². The largest absolute Gasteiger partial charge is 0.346 e. The number of piperidine rings is 2. The van der Waals surface area contributed by atoms with Crippen molar-refractivity contribution in [2.45, 2.75) is 38.3 Å². The lowest BCUT2D eigenvalue weighted by Gasteiger charge is -2.41. The van der Waals surface area contributed by atoms with Gasteiger partial charge < -0.3 is 19.8 Å². The number of urea groups is 1. The first kappa shape index (κ1) is 18.8. The van der Waals surface area contributed by atoms with Crippen LogP contribution in [0.5, 0.6) is 0 Å². The predicted molar refractivity (Wildman–Crippen MR) is 112 cm³/mol. The monoisotopic (exact) mass is 411 g/mol. The van der Waals surface area contributed by atoms with Crippen LogP contribution in [-0.2, 0) is 0 Å². The maximum absolute atomic E-state index is 13.1. The minimum absolute atomic E-state index is 0.0161. The molecule has 3 aromatic rings. The first-order chi connectivity index (χ1) is 14.6. The predicted octanol–water partition coefficient (Wildman–Crippen LogP) is 2.44. The minimum Gasteiger partial charge on any atom is -0.346 e. The number of aromatic amines is 2. The SMILES string of the molecule is C[C@@H]1CCN(C(=O)N2CCC(N=O)CC2)C[C@@H]1n1c(=O)[nH]c2cnc3[nH]ccc3c21. The molecule has 0 saturated carbocycles. The summed E-state index contributed by atoms with van der Waals surface area (Å²) < 4.78 is 1.81. The second-order valence-corrected chi connectivity index (χ2v) is 8.45. The molecule has 2 aliphatic heterocycles. The van der Waals surface area contributed by atoms with Crippen molar-refractivity contribution in [1.82, 2.24) is 29.3 Å². The second-order valence-electron chi connectivity index (χ2n) is 8.45. The number of nitrogens with zero attached hydrogens (tertiary/aromatic N) is 5. The normalized spacial score (nSPS) is 23.4. The van der Waals surface area contributed by atoms with E-state index in [1.54, 1.807) is 15.7 Å². The molecule has 0 radical (unpaired) electrons. The molecule has 10 heteroatoms. The molecule has 2 N–H and O–H groups in total. The standard InChI is InChI=1S/C20H25N7O3/c1-12-3-7-26(20(29)25-8-4-13(24-30)5-9-25)11-16(12)27-17-14-2-6-21-18(14)22-10-15(17)23-19(27)28/h2,6,10,12-13,16H,3-5,7-9,11H2,1H3,(H,21,22)(H,23,28)/t12-,16+/m1/s1. The molecule has 0 aliphatic carbocycles. The van der Waals surface area contributed by atoms with Crippen molar-refractivity contribution in [3.05, 3.63) is 33.9 Å². The van der Waals surface area contributed by atoms with E-state index in [4.69, 9.17) is 0 Å². The summed E-state index contributed by atoms with van der Waals surface area (Å²) in [6, 6.07) is 1.59. The number of hydrogen-bond acceptors (Lipinski definition) is 5. The number of nitrogens with one attached hydrogen (secondary N) is 2. The van der Waals surface area contributed by atoms with E-state index >= 15 is 0 Å². The molecule has 158 valence electrons. The Bertz CT molecular complexity index is 1150. The highest BCUT2D eigenvalue weighted by Gasteiger charge is 2.35. The van der Waals surface area contributed by atoms with Crippen LogP contribution < -0.4 is 5.69 Å². The zero-order valence-electron chi connectivity index (χ0n) is 16.9. The number of imidazole rings is 1. The maximum Gasteiger partial charge on any atom is 0.326 e. The molecule has 3 aromatic heterocycles.